The number of carbonyl (C=O) groups is 2. The third-order valence-electron chi connectivity index (χ3n) is 10.9. The average Bonchev–Trinajstić information content (AvgIpc) is 3.39. The topological polar surface area (TPSA) is 146 Å². The maximum atomic E-state index is 12.9. The fourth-order valence-electron chi connectivity index (χ4n) is 7.86. The van der Waals surface area contributed by atoms with Gasteiger partial charge in [0.2, 0.25) is 10.4 Å². The minimum Gasteiger partial charge on any atom is -0.724 e. The first-order valence-electron chi connectivity index (χ1n) is 19.1. The third-order valence-corrected chi connectivity index (χ3v) is 11.3. The Hall–Kier alpha value is -2.42. The normalized spacial score (nSPS) is 23.0. The van der Waals surface area contributed by atoms with Gasteiger partial charge in [-0.25, -0.2) is 18.0 Å². The highest BCUT2D eigenvalue weighted by Gasteiger charge is 2.64. The molecule has 1 aromatic heterocycles. The van der Waals surface area contributed by atoms with E-state index in [1.54, 1.807) is 4.90 Å². The Kier molecular flexibility index (Phi) is 13.7. The number of carbonyl (C=O) groups excluding carboxylic acids is 2. The van der Waals surface area contributed by atoms with Crippen LogP contribution in [0.1, 0.15) is 149 Å². The smallest absolute Gasteiger partial charge is 0.410 e. The van der Waals surface area contributed by atoms with Gasteiger partial charge in [0, 0.05) is 31.6 Å². The van der Waals surface area contributed by atoms with Crippen LogP contribution in [0.5, 0.6) is 0 Å². The van der Waals surface area contributed by atoms with Gasteiger partial charge in [0.15, 0.2) is 0 Å². The number of urea groups is 1. The Morgan fingerprint density at radius 1 is 1.00 bits per heavy atom. The van der Waals surface area contributed by atoms with Crippen LogP contribution >= 0.6 is 0 Å². The lowest BCUT2D eigenvalue weighted by Crippen LogP contribution is -2.50. The van der Waals surface area contributed by atoms with Gasteiger partial charge in [-0.1, -0.05) is 58.5 Å². The molecule has 286 valence electrons. The van der Waals surface area contributed by atoms with E-state index in [0.29, 0.717) is 37.4 Å². The van der Waals surface area contributed by atoms with E-state index in [-0.39, 0.29) is 24.0 Å². The van der Waals surface area contributed by atoms with Gasteiger partial charge >= 0.3 is 12.1 Å². The number of unbranched alkanes of at least 4 members (excludes halogenated alkanes) is 4. The summed E-state index contributed by atoms with van der Waals surface area (Å²) in [5.41, 5.74) is -0.291. The number of piperidine rings is 1. The summed E-state index contributed by atoms with van der Waals surface area (Å²) in [7, 11) is -5.06. The van der Waals surface area contributed by atoms with Crippen LogP contribution in [-0.2, 0) is 19.4 Å². The molecule has 1 saturated carbocycles. The largest absolute Gasteiger partial charge is 0.724 e. The molecule has 50 heavy (non-hydrogen) atoms. The zero-order chi connectivity index (χ0) is 36.7. The summed E-state index contributed by atoms with van der Waals surface area (Å²) in [6.45, 7) is 21.7. The van der Waals surface area contributed by atoms with Crippen molar-refractivity contribution in [1.29, 1.82) is 0 Å². The molecule has 1 aliphatic carbocycles. The molecule has 4 fully saturated rings. The molecule has 1 spiro atoms. The first-order chi connectivity index (χ1) is 23.6. The molecule has 3 aliphatic heterocycles. The van der Waals surface area contributed by atoms with E-state index in [1.165, 1.54) is 86.9 Å². The van der Waals surface area contributed by atoms with Crippen molar-refractivity contribution in [3.8, 4) is 0 Å². The van der Waals surface area contributed by atoms with Crippen molar-refractivity contribution in [2.45, 2.75) is 149 Å². The summed E-state index contributed by atoms with van der Waals surface area (Å²) < 4.78 is 50.4. The average molecular weight is 726 g/mol. The molecule has 14 heteroatoms. The maximum Gasteiger partial charge on any atom is 0.410 e. The summed E-state index contributed by atoms with van der Waals surface area (Å²) in [6.07, 6.45) is 13.6. The molecular weight excluding hydrogens is 662 g/mol. The van der Waals surface area contributed by atoms with E-state index in [9.17, 15) is 22.6 Å². The number of amides is 3. The van der Waals surface area contributed by atoms with Crippen LogP contribution < -0.4 is 0 Å². The molecule has 0 N–H and O–H groups in total. The van der Waals surface area contributed by atoms with Crippen LogP contribution in [0.3, 0.4) is 0 Å². The molecule has 4 heterocycles. The van der Waals surface area contributed by atoms with Gasteiger partial charge in [0.05, 0.1) is 38.3 Å². The summed E-state index contributed by atoms with van der Waals surface area (Å²) in [5.74, 6) is 0.592. The van der Waals surface area contributed by atoms with E-state index < -0.39 is 34.1 Å². The van der Waals surface area contributed by atoms with Crippen molar-refractivity contribution in [2.24, 2.45) is 5.41 Å². The van der Waals surface area contributed by atoms with Crippen molar-refractivity contribution in [2.75, 3.05) is 45.8 Å². The van der Waals surface area contributed by atoms with Crippen molar-refractivity contribution < 1.29 is 40.6 Å². The molecule has 3 amide bonds. The molecule has 3 saturated heterocycles. The van der Waals surface area contributed by atoms with Crippen LogP contribution in [0.4, 0.5) is 9.59 Å². The Morgan fingerprint density at radius 3 is 2.04 bits per heavy atom. The van der Waals surface area contributed by atoms with Crippen LogP contribution in [0.15, 0.2) is 10.6 Å². The third kappa shape index (κ3) is 10.3. The lowest BCUT2D eigenvalue weighted by molar-refractivity contribution is -0.929. The van der Waals surface area contributed by atoms with Crippen LogP contribution in [0.2, 0.25) is 0 Å². The number of ether oxygens (including phenoxy) is 1. The predicted octanol–water partition coefficient (Wildman–Crippen LogP) is 7.13. The van der Waals surface area contributed by atoms with E-state index in [2.05, 4.69) is 37.1 Å². The van der Waals surface area contributed by atoms with E-state index in [4.69, 9.17) is 9.26 Å². The SMILES string of the molecule is CC(C)(C)OC(=O)N1CCC(c2cc([C@@H]3CC4(CC4)[C@@H]4CN3C(=O)N4OS(=O)(=O)[O-])no2)C1.CCCC[N+](CCCC)(CCCC)CCCC. The molecule has 4 aliphatic rings. The van der Waals surface area contributed by atoms with Gasteiger partial charge in [-0.2, -0.15) is 9.35 Å². The second kappa shape index (κ2) is 16.9. The van der Waals surface area contributed by atoms with Crippen LogP contribution in [0, 0.1) is 5.41 Å². The van der Waals surface area contributed by atoms with E-state index in [1.807, 2.05) is 26.8 Å². The second-order valence-electron chi connectivity index (χ2n) is 16.1. The molecule has 3 atom stereocenters. The zero-order valence-corrected chi connectivity index (χ0v) is 32.5. The second-order valence-corrected chi connectivity index (χ2v) is 17.0. The molecule has 1 unspecified atom stereocenters. The predicted molar refractivity (Wildman–Crippen MR) is 189 cm³/mol. The van der Waals surface area contributed by atoms with Gasteiger partial charge < -0.3 is 28.1 Å². The fourth-order valence-corrected chi connectivity index (χ4v) is 8.22. The highest BCUT2D eigenvalue weighted by atomic mass is 32.3. The molecule has 13 nitrogen and oxygen atoms in total. The Bertz CT molecular complexity index is 1340. The number of hydroxylamine groups is 2. The number of rotatable bonds is 16. The van der Waals surface area contributed by atoms with Gasteiger partial charge in [-0.15, -0.1) is 0 Å². The van der Waals surface area contributed by atoms with E-state index in [0.717, 1.165) is 17.9 Å². The number of nitrogens with zero attached hydrogens (tertiary/aromatic N) is 5. The van der Waals surface area contributed by atoms with Crippen LogP contribution in [-0.4, -0.2) is 107 Å². The maximum absolute atomic E-state index is 12.9. The lowest BCUT2D eigenvalue weighted by Gasteiger charge is -2.39. The van der Waals surface area contributed by atoms with Gasteiger partial charge in [-0.3, -0.25) is 0 Å². The molecule has 0 radical (unpaired) electrons. The molecular formula is C36H63N5O8S. The highest BCUT2D eigenvalue weighted by Crippen LogP contribution is 2.62. The van der Waals surface area contributed by atoms with E-state index >= 15 is 0 Å². The Balaban J connectivity index is 0.000000282. The zero-order valence-electron chi connectivity index (χ0n) is 31.7. The minimum atomic E-state index is -5.06. The summed E-state index contributed by atoms with van der Waals surface area (Å²) in [5, 5.41) is 4.94. The monoisotopic (exact) mass is 725 g/mol. The number of hydrogen-bond donors (Lipinski definition) is 0. The highest BCUT2D eigenvalue weighted by molar-refractivity contribution is 7.80. The standard InChI is InChI=1S/C20H28N4O8S.C16H36N/c1-19(2,3)30-18(26)22-7-4-12(10-22)15-8-13(21-31-15)14-9-20(5-6-20)16-11-23(14)17(25)24(16)32-33(27,28)29;1-5-9-13-17(14-10-6-2,15-11-7-3)16-12-8-4/h8,12,14,16H,4-7,9-11H2,1-3H3,(H,27,28,29);5-16H2,1-4H3/q;+1/p-1/t12?,14-,16-;/m0./s1. The minimum absolute atomic E-state index is 0.0373. The quantitative estimate of drug-likeness (QED) is 0.0987. The van der Waals surface area contributed by atoms with Crippen molar-refractivity contribution in [3.63, 3.8) is 0 Å². The number of likely N-dealkylation sites (tertiary alicyclic amines) is 1. The van der Waals surface area contributed by atoms with Crippen molar-refractivity contribution in [3.05, 3.63) is 17.5 Å². The summed E-state index contributed by atoms with van der Waals surface area (Å²) >= 11 is 0. The number of aromatic nitrogens is 1. The van der Waals surface area contributed by atoms with Gasteiger partial charge in [-0.05, 0) is 77.6 Å². The number of hydrogen-bond acceptors (Lipinski definition) is 9. The fraction of sp³-hybridized carbons (Fsp3) is 0.861. The Morgan fingerprint density at radius 2 is 1.56 bits per heavy atom. The number of quaternary nitrogens is 1. The Labute approximate surface area is 300 Å². The summed E-state index contributed by atoms with van der Waals surface area (Å²) in [6, 6.07) is 0.272. The van der Waals surface area contributed by atoms with Crippen molar-refractivity contribution in [1.82, 2.24) is 20.0 Å². The van der Waals surface area contributed by atoms with Gasteiger partial charge in [0.25, 0.3) is 0 Å². The van der Waals surface area contributed by atoms with Crippen LogP contribution in [0.25, 0.3) is 0 Å². The molecule has 5 rings (SSSR count). The first kappa shape index (κ1) is 40.4. The number of fused-ring (bicyclic) bond motifs is 3. The molecule has 0 aromatic carbocycles. The first-order valence-corrected chi connectivity index (χ1v) is 20.5. The molecule has 2 bridgehead atoms. The van der Waals surface area contributed by atoms with Gasteiger partial charge in [0.1, 0.15) is 17.1 Å². The molecule has 1 aromatic rings. The summed E-state index contributed by atoms with van der Waals surface area (Å²) in [4.78, 5) is 28.4. The lowest BCUT2D eigenvalue weighted by atomic mass is 9.84. The van der Waals surface area contributed by atoms with Crippen molar-refractivity contribution >= 4 is 22.5 Å².